The molecule has 0 saturated carbocycles. The maximum Gasteiger partial charge on any atom is 0.257 e. The van der Waals surface area contributed by atoms with Crippen LogP contribution in [0.1, 0.15) is 29.8 Å². The predicted octanol–water partition coefficient (Wildman–Crippen LogP) is 1.87. The minimum absolute atomic E-state index is 0.0734. The van der Waals surface area contributed by atoms with Crippen molar-refractivity contribution in [2.45, 2.75) is 32.9 Å². The Kier molecular flexibility index (Phi) is 3.80. The minimum Gasteiger partial charge on any atom is -0.507 e. The molecule has 1 aromatic carbocycles. The van der Waals surface area contributed by atoms with Crippen LogP contribution in [0.5, 0.6) is 5.75 Å². The highest BCUT2D eigenvalue weighted by molar-refractivity contribution is 5.97. The van der Waals surface area contributed by atoms with Gasteiger partial charge < -0.3 is 10.0 Å². The van der Waals surface area contributed by atoms with Crippen molar-refractivity contribution >= 4 is 5.91 Å². The van der Waals surface area contributed by atoms with Gasteiger partial charge in [-0.15, -0.1) is 0 Å². The van der Waals surface area contributed by atoms with Crippen LogP contribution in [-0.2, 0) is 0 Å². The van der Waals surface area contributed by atoms with Gasteiger partial charge in [-0.3, -0.25) is 9.69 Å². The van der Waals surface area contributed by atoms with Gasteiger partial charge in [-0.25, -0.2) is 0 Å². The van der Waals surface area contributed by atoms with E-state index in [1.807, 2.05) is 17.9 Å². The van der Waals surface area contributed by atoms with Crippen LogP contribution in [0, 0.1) is 6.92 Å². The van der Waals surface area contributed by atoms with Crippen LogP contribution in [-0.4, -0.2) is 53.0 Å². The molecule has 0 bridgehead atoms. The monoisotopic (exact) mass is 262 g/mol. The lowest BCUT2D eigenvalue weighted by molar-refractivity contribution is 0.0412. The molecular formula is C15H22N2O2. The molecule has 1 aromatic rings. The second-order valence-corrected chi connectivity index (χ2v) is 5.59. The summed E-state index contributed by atoms with van der Waals surface area (Å²) in [6.07, 6.45) is 0. The fraction of sp³-hybridized carbons (Fsp3) is 0.533. The van der Waals surface area contributed by atoms with Crippen molar-refractivity contribution in [1.82, 2.24) is 9.80 Å². The Hall–Kier alpha value is -1.55. The highest BCUT2D eigenvalue weighted by Gasteiger charge is 2.30. The summed E-state index contributed by atoms with van der Waals surface area (Å²) in [7, 11) is 2.08. The van der Waals surface area contributed by atoms with Crippen LogP contribution in [0.25, 0.3) is 0 Å². The molecule has 1 aliphatic heterocycles. The average molecular weight is 262 g/mol. The number of carbonyl (C=O) groups is 1. The number of carbonyl (C=O) groups excluding carboxylic acids is 1. The van der Waals surface area contributed by atoms with Crippen LogP contribution in [0.4, 0.5) is 0 Å². The summed E-state index contributed by atoms with van der Waals surface area (Å²) in [6.45, 7) is 7.53. The maximum atomic E-state index is 12.5. The summed E-state index contributed by atoms with van der Waals surface area (Å²) in [5.41, 5.74) is 1.35. The highest BCUT2D eigenvalue weighted by Crippen LogP contribution is 2.22. The van der Waals surface area contributed by atoms with Gasteiger partial charge in [0, 0.05) is 25.2 Å². The Labute approximate surface area is 114 Å². The quantitative estimate of drug-likeness (QED) is 0.840. The summed E-state index contributed by atoms with van der Waals surface area (Å²) in [5, 5.41) is 9.92. The number of phenolic OH excluding ortho intramolecular Hbond substituents is 1. The van der Waals surface area contributed by atoms with Crippen LogP contribution < -0.4 is 0 Å². The van der Waals surface area contributed by atoms with Gasteiger partial charge in [-0.1, -0.05) is 6.07 Å². The Morgan fingerprint density at radius 2 is 1.84 bits per heavy atom. The van der Waals surface area contributed by atoms with Crippen molar-refractivity contribution in [1.29, 1.82) is 0 Å². The van der Waals surface area contributed by atoms with Crippen molar-refractivity contribution in [2.24, 2.45) is 0 Å². The third kappa shape index (κ3) is 2.73. The first-order valence-electron chi connectivity index (χ1n) is 6.71. The molecule has 2 rings (SSSR count). The van der Waals surface area contributed by atoms with Gasteiger partial charge >= 0.3 is 0 Å². The third-order valence-corrected chi connectivity index (χ3v) is 4.03. The molecule has 19 heavy (non-hydrogen) atoms. The van der Waals surface area contributed by atoms with Gasteiger partial charge in [0.25, 0.3) is 5.91 Å². The van der Waals surface area contributed by atoms with E-state index in [2.05, 4.69) is 25.8 Å². The molecule has 1 heterocycles. The lowest BCUT2D eigenvalue weighted by Crippen LogP contribution is -2.56. The molecule has 1 amide bonds. The smallest absolute Gasteiger partial charge is 0.257 e. The van der Waals surface area contributed by atoms with E-state index in [9.17, 15) is 9.90 Å². The van der Waals surface area contributed by atoms with Crippen molar-refractivity contribution < 1.29 is 9.90 Å². The van der Waals surface area contributed by atoms with Gasteiger partial charge in [0.15, 0.2) is 0 Å². The average Bonchev–Trinajstić information content (AvgIpc) is 2.34. The van der Waals surface area contributed by atoms with Crippen molar-refractivity contribution in [3.8, 4) is 5.75 Å². The number of benzene rings is 1. The van der Waals surface area contributed by atoms with E-state index >= 15 is 0 Å². The summed E-state index contributed by atoms with van der Waals surface area (Å²) in [6, 6.07) is 5.87. The summed E-state index contributed by atoms with van der Waals surface area (Å²) < 4.78 is 0. The fourth-order valence-corrected chi connectivity index (χ4v) is 2.56. The first-order chi connectivity index (χ1) is 8.90. The minimum atomic E-state index is -0.0794. The normalized spacial score (nSPS) is 24.5. The summed E-state index contributed by atoms with van der Waals surface area (Å²) >= 11 is 0. The number of likely N-dealkylation sites (N-methyl/N-ethyl adjacent to an activating group) is 1. The van der Waals surface area contributed by atoms with Gasteiger partial charge in [0.1, 0.15) is 5.75 Å². The third-order valence-electron chi connectivity index (χ3n) is 4.03. The molecule has 1 saturated heterocycles. The predicted molar refractivity (Wildman–Crippen MR) is 75.4 cm³/mol. The maximum absolute atomic E-state index is 12.5. The van der Waals surface area contributed by atoms with E-state index in [0.717, 1.165) is 5.56 Å². The number of aryl methyl sites for hydroxylation is 1. The Morgan fingerprint density at radius 1 is 1.26 bits per heavy atom. The molecule has 0 aliphatic carbocycles. The molecule has 4 nitrogen and oxygen atoms in total. The summed E-state index contributed by atoms with van der Waals surface area (Å²) in [5.74, 6) is -0.00599. The molecular weight excluding hydrogens is 240 g/mol. The molecule has 1 aliphatic rings. The zero-order valence-electron chi connectivity index (χ0n) is 12.1. The molecule has 104 valence electrons. The standard InChI is InChI=1S/C15H22N2O2/c1-10-5-6-13(14(18)7-10)15(19)17-8-11(2)16(4)12(3)9-17/h5-7,11-12,18H,8-9H2,1-4H3. The number of phenols is 1. The van der Waals surface area contributed by atoms with Crippen LogP contribution in [0.2, 0.25) is 0 Å². The Bertz CT molecular complexity index is 475. The van der Waals surface area contributed by atoms with E-state index < -0.39 is 0 Å². The Balaban J connectivity index is 2.20. The first kappa shape index (κ1) is 13.9. The highest BCUT2D eigenvalue weighted by atomic mass is 16.3. The first-order valence-corrected chi connectivity index (χ1v) is 6.71. The molecule has 0 radical (unpaired) electrons. The van der Waals surface area contributed by atoms with Crippen molar-refractivity contribution in [3.63, 3.8) is 0 Å². The van der Waals surface area contributed by atoms with Crippen molar-refractivity contribution in [3.05, 3.63) is 29.3 Å². The van der Waals surface area contributed by atoms with Crippen LogP contribution in [0.15, 0.2) is 18.2 Å². The van der Waals surface area contributed by atoms with Crippen LogP contribution in [0.3, 0.4) is 0 Å². The number of piperazine rings is 1. The van der Waals surface area contributed by atoms with E-state index in [0.29, 0.717) is 30.7 Å². The zero-order chi connectivity index (χ0) is 14.2. The Morgan fingerprint density at radius 3 is 2.37 bits per heavy atom. The second kappa shape index (κ2) is 5.21. The van der Waals surface area contributed by atoms with Gasteiger partial charge in [-0.05, 0) is 45.5 Å². The number of nitrogens with zero attached hydrogens (tertiary/aromatic N) is 2. The van der Waals surface area contributed by atoms with Crippen LogP contribution >= 0.6 is 0 Å². The molecule has 0 spiro atoms. The number of amides is 1. The topological polar surface area (TPSA) is 43.8 Å². The van der Waals surface area contributed by atoms with E-state index in [4.69, 9.17) is 0 Å². The van der Waals surface area contributed by atoms with Gasteiger partial charge in [-0.2, -0.15) is 0 Å². The molecule has 2 unspecified atom stereocenters. The van der Waals surface area contributed by atoms with E-state index in [1.54, 1.807) is 12.1 Å². The van der Waals surface area contributed by atoms with E-state index in [-0.39, 0.29) is 11.7 Å². The zero-order valence-corrected chi connectivity index (χ0v) is 12.1. The lowest BCUT2D eigenvalue weighted by Gasteiger charge is -2.42. The fourth-order valence-electron chi connectivity index (χ4n) is 2.56. The second-order valence-electron chi connectivity index (χ2n) is 5.59. The lowest BCUT2D eigenvalue weighted by atomic mass is 10.1. The molecule has 4 heteroatoms. The number of aromatic hydroxyl groups is 1. The molecule has 0 aromatic heterocycles. The SMILES string of the molecule is Cc1ccc(C(=O)N2CC(C)N(C)C(C)C2)c(O)c1. The molecule has 1 N–H and O–H groups in total. The number of hydrogen-bond acceptors (Lipinski definition) is 3. The molecule has 2 atom stereocenters. The van der Waals surface area contributed by atoms with Crippen molar-refractivity contribution in [2.75, 3.05) is 20.1 Å². The van der Waals surface area contributed by atoms with Gasteiger partial charge in [0.2, 0.25) is 0 Å². The molecule has 1 fully saturated rings. The van der Waals surface area contributed by atoms with E-state index in [1.165, 1.54) is 0 Å². The number of rotatable bonds is 1. The number of hydrogen-bond donors (Lipinski definition) is 1. The van der Waals surface area contributed by atoms with Gasteiger partial charge in [0.05, 0.1) is 5.56 Å². The summed E-state index contributed by atoms with van der Waals surface area (Å²) in [4.78, 5) is 16.6. The largest absolute Gasteiger partial charge is 0.507 e.